The monoisotopic (exact) mass is 207 g/mol. The number of hydrogen-bond acceptors (Lipinski definition) is 1. The van der Waals surface area contributed by atoms with Crippen LogP contribution in [0.25, 0.3) is 0 Å². The molecule has 2 bridgehead atoms. The highest BCUT2D eigenvalue weighted by Crippen LogP contribution is 2.41. The summed E-state index contributed by atoms with van der Waals surface area (Å²) in [6.07, 6.45) is 1.61. The van der Waals surface area contributed by atoms with E-state index in [-0.39, 0.29) is 6.04 Å². The van der Waals surface area contributed by atoms with Crippen molar-refractivity contribution in [1.29, 1.82) is 0 Å². The van der Waals surface area contributed by atoms with Crippen molar-refractivity contribution in [2.75, 3.05) is 6.54 Å². The average molecular weight is 207 g/mol. The lowest BCUT2D eigenvalue weighted by molar-refractivity contribution is -0.128. The summed E-state index contributed by atoms with van der Waals surface area (Å²) >= 11 is 0. The zero-order valence-electron chi connectivity index (χ0n) is 8.11. The van der Waals surface area contributed by atoms with E-state index in [0.717, 1.165) is 19.3 Å². The highest BCUT2D eigenvalue weighted by molar-refractivity contribution is 4.90. The second-order valence-corrected chi connectivity index (χ2v) is 4.62. The molecular formula is C10H16F3N. The third-order valence-electron chi connectivity index (χ3n) is 3.61. The molecule has 82 valence electrons. The molecule has 0 aromatic carbocycles. The van der Waals surface area contributed by atoms with Crippen LogP contribution in [-0.2, 0) is 0 Å². The summed E-state index contributed by atoms with van der Waals surface area (Å²) in [5, 5.41) is 2.67. The molecule has 3 aliphatic carbocycles. The molecule has 0 aromatic rings. The van der Waals surface area contributed by atoms with Crippen LogP contribution in [-0.4, -0.2) is 18.8 Å². The first-order valence-electron chi connectivity index (χ1n) is 5.35. The molecule has 4 heteroatoms. The largest absolute Gasteiger partial charge is 0.401 e. The third kappa shape index (κ3) is 2.41. The van der Waals surface area contributed by atoms with Gasteiger partial charge in [-0.2, -0.15) is 13.2 Å². The normalized spacial score (nSPS) is 37.5. The average Bonchev–Trinajstić information content (AvgIpc) is 2.16. The molecule has 1 N–H and O–H groups in total. The van der Waals surface area contributed by atoms with Crippen molar-refractivity contribution in [2.45, 2.75) is 44.3 Å². The van der Waals surface area contributed by atoms with Gasteiger partial charge < -0.3 is 5.32 Å². The van der Waals surface area contributed by atoms with Crippen LogP contribution in [0.2, 0.25) is 0 Å². The van der Waals surface area contributed by atoms with Crippen LogP contribution in [0.4, 0.5) is 13.2 Å². The third-order valence-corrected chi connectivity index (χ3v) is 3.61. The Morgan fingerprint density at radius 2 is 1.71 bits per heavy atom. The van der Waals surface area contributed by atoms with E-state index in [1.807, 2.05) is 0 Å². The minimum absolute atomic E-state index is 0.129. The van der Waals surface area contributed by atoms with Crippen molar-refractivity contribution in [2.24, 2.45) is 11.8 Å². The van der Waals surface area contributed by atoms with E-state index < -0.39 is 12.7 Å². The van der Waals surface area contributed by atoms with Gasteiger partial charge >= 0.3 is 6.18 Å². The van der Waals surface area contributed by atoms with Gasteiger partial charge in [0.2, 0.25) is 0 Å². The molecule has 1 atom stereocenters. The Morgan fingerprint density at radius 3 is 2.14 bits per heavy atom. The second kappa shape index (κ2) is 3.72. The summed E-state index contributed by atoms with van der Waals surface area (Å²) in [7, 11) is 0. The van der Waals surface area contributed by atoms with Crippen molar-refractivity contribution in [3.05, 3.63) is 0 Å². The molecule has 0 heterocycles. The van der Waals surface area contributed by atoms with Crippen LogP contribution < -0.4 is 5.32 Å². The fourth-order valence-electron chi connectivity index (χ4n) is 2.87. The molecule has 0 spiro atoms. The second-order valence-electron chi connectivity index (χ2n) is 4.62. The highest BCUT2D eigenvalue weighted by atomic mass is 19.4. The van der Waals surface area contributed by atoms with Crippen LogP contribution in [0.5, 0.6) is 0 Å². The van der Waals surface area contributed by atoms with E-state index in [4.69, 9.17) is 0 Å². The van der Waals surface area contributed by atoms with Gasteiger partial charge in [-0.15, -0.1) is 0 Å². The Kier molecular flexibility index (Phi) is 2.73. The molecule has 0 aromatic heterocycles. The first-order chi connectivity index (χ1) is 6.54. The summed E-state index contributed by atoms with van der Waals surface area (Å²) in [5.41, 5.74) is 0. The van der Waals surface area contributed by atoms with E-state index in [1.165, 1.54) is 12.8 Å². The van der Waals surface area contributed by atoms with Gasteiger partial charge in [0.05, 0.1) is 6.54 Å². The Bertz CT molecular complexity index is 194. The predicted molar refractivity (Wildman–Crippen MR) is 47.9 cm³/mol. The van der Waals surface area contributed by atoms with Crippen LogP contribution in [0.3, 0.4) is 0 Å². The van der Waals surface area contributed by atoms with Gasteiger partial charge in [-0.25, -0.2) is 0 Å². The highest BCUT2D eigenvalue weighted by Gasteiger charge is 2.37. The maximum Gasteiger partial charge on any atom is 0.401 e. The van der Waals surface area contributed by atoms with E-state index in [2.05, 4.69) is 5.32 Å². The number of alkyl halides is 3. The maximum absolute atomic E-state index is 12.0. The van der Waals surface area contributed by atoms with Crippen molar-refractivity contribution in [3.8, 4) is 0 Å². The van der Waals surface area contributed by atoms with Gasteiger partial charge in [-0.3, -0.25) is 0 Å². The van der Waals surface area contributed by atoms with Crippen molar-refractivity contribution < 1.29 is 13.2 Å². The van der Waals surface area contributed by atoms with Crippen LogP contribution in [0, 0.1) is 11.8 Å². The van der Waals surface area contributed by atoms with E-state index in [9.17, 15) is 13.2 Å². The molecule has 0 saturated heterocycles. The number of halogens is 3. The Hall–Kier alpha value is -0.250. The van der Waals surface area contributed by atoms with Crippen LogP contribution in [0.15, 0.2) is 0 Å². The zero-order valence-corrected chi connectivity index (χ0v) is 8.11. The lowest BCUT2D eigenvalue weighted by Gasteiger charge is -2.42. The van der Waals surface area contributed by atoms with E-state index in [1.54, 1.807) is 0 Å². The number of hydrogen-bond donors (Lipinski definition) is 1. The summed E-state index contributed by atoms with van der Waals surface area (Å²) in [6, 6.07) is 0.129. The number of rotatable bonds is 2. The minimum atomic E-state index is -4.06. The molecular weight excluding hydrogens is 191 g/mol. The summed E-state index contributed by atoms with van der Waals surface area (Å²) in [5.74, 6) is 1.19. The fraction of sp³-hybridized carbons (Fsp3) is 1.00. The Balaban J connectivity index is 1.81. The number of fused-ring (bicyclic) bond motifs is 3. The standard InChI is InChI=1S/C10H16F3N/c11-10(12,13)6-14-9-5-7-1-3-8(9)4-2-7/h7-9,14H,1-6H2. The van der Waals surface area contributed by atoms with E-state index >= 15 is 0 Å². The summed E-state index contributed by atoms with van der Waals surface area (Å²) < 4.78 is 36.0. The molecule has 0 radical (unpaired) electrons. The van der Waals surface area contributed by atoms with Crippen LogP contribution >= 0.6 is 0 Å². The predicted octanol–water partition coefficient (Wildman–Crippen LogP) is 2.72. The molecule has 0 amide bonds. The van der Waals surface area contributed by atoms with Crippen molar-refractivity contribution in [1.82, 2.24) is 5.32 Å². The quantitative estimate of drug-likeness (QED) is 0.734. The van der Waals surface area contributed by atoms with Gasteiger partial charge in [-0.1, -0.05) is 12.8 Å². The number of nitrogens with one attached hydrogen (secondary N) is 1. The van der Waals surface area contributed by atoms with E-state index in [0.29, 0.717) is 11.8 Å². The lowest BCUT2D eigenvalue weighted by atomic mass is 9.68. The zero-order chi connectivity index (χ0) is 10.2. The molecule has 14 heavy (non-hydrogen) atoms. The Labute approximate surface area is 82.1 Å². The Morgan fingerprint density at radius 1 is 1.07 bits per heavy atom. The smallest absolute Gasteiger partial charge is 0.306 e. The first kappa shape index (κ1) is 10.3. The molecule has 1 unspecified atom stereocenters. The van der Waals surface area contributed by atoms with Crippen molar-refractivity contribution in [3.63, 3.8) is 0 Å². The molecule has 3 aliphatic rings. The summed E-state index contributed by atoms with van der Waals surface area (Å²) in [4.78, 5) is 0. The van der Waals surface area contributed by atoms with Crippen LogP contribution in [0.1, 0.15) is 32.1 Å². The maximum atomic E-state index is 12.0. The topological polar surface area (TPSA) is 12.0 Å². The fourth-order valence-corrected chi connectivity index (χ4v) is 2.87. The summed E-state index contributed by atoms with van der Waals surface area (Å²) in [6.45, 7) is -0.819. The molecule has 3 saturated carbocycles. The SMILES string of the molecule is FC(F)(F)CNC1CC2CCC1CC2. The molecule has 3 rings (SSSR count). The first-order valence-corrected chi connectivity index (χ1v) is 5.35. The van der Waals surface area contributed by atoms with Gasteiger partial charge in [0.25, 0.3) is 0 Å². The molecule has 1 nitrogen and oxygen atoms in total. The molecule has 3 fully saturated rings. The van der Waals surface area contributed by atoms with Gasteiger partial charge in [-0.05, 0) is 31.1 Å². The van der Waals surface area contributed by atoms with Crippen molar-refractivity contribution >= 4 is 0 Å². The lowest BCUT2D eigenvalue weighted by Crippen LogP contribution is -2.47. The van der Waals surface area contributed by atoms with Gasteiger partial charge in [0.15, 0.2) is 0 Å². The van der Waals surface area contributed by atoms with Gasteiger partial charge in [0.1, 0.15) is 0 Å². The van der Waals surface area contributed by atoms with Gasteiger partial charge in [0, 0.05) is 6.04 Å². The minimum Gasteiger partial charge on any atom is -0.306 e. The molecule has 0 aliphatic heterocycles.